The van der Waals surface area contributed by atoms with Crippen molar-refractivity contribution in [1.82, 2.24) is 14.8 Å². The van der Waals surface area contributed by atoms with E-state index in [4.69, 9.17) is 21.1 Å². The molecule has 0 saturated carbocycles. The van der Waals surface area contributed by atoms with Crippen molar-refractivity contribution in [3.63, 3.8) is 0 Å². The highest BCUT2D eigenvalue weighted by Gasteiger charge is 2.22. The molecule has 0 amide bonds. The van der Waals surface area contributed by atoms with Gasteiger partial charge in [-0.2, -0.15) is 0 Å². The molecule has 1 heterocycles. The lowest BCUT2D eigenvalue weighted by Gasteiger charge is -2.13. The van der Waals surface area contributed by atoms with Gasteiger partial charge in [0.05, 0.1) is 11.6 Å². The van der Waals surface area contributed by atoms with Gasteiger partial charge < -0.3 is 9.47 Å². The normalized spacial score (nSPS) is 11.8. The molecule has 2 aromatic carbocycles. The van der Waals surface area contributed by atoms with E-state index in [1.165, 1.54) is 11.8 Å². The summed E-state index contributed by atoms with van der Waals surface area (Å²) in [6, 6.07) is 16.9. The molecule has 0 aliphatic heterocycles. The van der Waals surface area contributed by atoms with Gasteiger partial charge in [0.15, 0.2) is 11.0 Å². The second-order valence-corrected chi connectivity index (χ2v) is 7.52. The van der Waals surface area contributed by atoms with E-state index in [0.717, 1.165) is 5.69 Å². The van der Waals surface area contributed by atoms with Crippen molar-refractivity contribution < 1.29 is 14.3 Å². The molecule has 0 radical (unpaired) electrons. The lowest BCUT2D eigenvalue weighted by atomic mass is 10.3. The highest BCUT2D eigenvalue weighted by molar-refractivity contribution is 8.00. The van der Waals surface area contributed by atoms with Gasteiger partial charge in [-0.25, -0.2) is 0 Å². The Morgan fingerprint density at radius 3 is 2.57 bits per heavy atom. The summed E-state index contributed by atoms with van der Waals surface area (Å²) in [5, 5.41) is 9.23. The number of rotatable bonds is 8. The van der Waals surface area contributed by atoms with Crippen LogP contribution in [0.1, 0.15) is 19.7 Å². The summed E-state index contributed by atoms with van der Waals surface area (Å²) in [6.07, 6.45) is 0. The zero-order valence-electron chi connectivity index (χ0n) is 15.5. The van der Waals surface area contributed by atoms with Gasteiger partial charge in [0.25, 0.3) is 0 Å². The largest absolute Gasteiger partial charge is 0.484 e. The Bertz CT molecular complexity index is 933. The van der Waals surface area contributed by atoms with Gasteiger partial charge in [-0.1, -0.05) is 53.7 Å². The minimum absolute atomic E-state index is 0.181. The van der Waals surface area contributed by atoms with Crippen molar-refractivity contribution in [1.29, 1.82) is 0 Å². The Hall–Kier alpha value is -2.51. The van der Waals surface area contributed by atoms with Crippen molar-refractivity contribution in [2.75, 3.05) is 6.61 Å². The topological polar surface area (TPSA) is 66.2 Å². The van der Waals surface area contributed by atoms with Crippen LogP contribution in [-0.2, 0) is 16.1 Å². The Morgan fingerprint density at radius 2 is 1.86 bits per heavy atom. The number of esters is 1. The number of hydrogen-bond donors (Lipinski definition) is 0. The molecule has 3 rings (SSSR count). The predicted octanol–water partition coefficient (Wildman–Crippen LogP) is 4.54. The van der Waals surface area contributed by atoms with Crippen molar-refractivity contribution in [2.24, 2.45) is 0 Å². The van der Waals surface area contributed by atoms with Crippen LogP contribution in [0, 0.1) is 0 Å². The Kier molecular flexibility index (Phi) is 6.95. The maximum absolute atomic E-state index is 12.0. The van der Waals surface area contributed by atoms with Crippen molar-refractivity contribution in [2.45, 2.75) is 30.9 Å². The first-order valence-corrected chi connectivity index (χ1v) is 10.1. The van der Waals surface area contributed by atoms with E-state index < -0.39 is 5.25 Å². The van der Waals surface area contributed by atoms with Crippen LogP contribution in [0.25, 0.3) is 5.69 Å². The van der Waals surface area contributed by atoms with E-state index in [0.29, 0.717) is 28.4 Å². The van der Waals surface area contributed by atoms with Gasteiger partial charge in [-0.05, 0) is 38.1 Å². The highest BCUT2D eigenvalue weighted by atomic mass is 35.5. The Balaban J connectivity index is 1.87. The molecule has 0 spiro atoms. The number of halogens is 1. The van der Waals surface area contributed by atoms with E-state index in [9.17, 15) is 4.79 Å². The minimum Gasteiger partial charge on any atom is -0.484 e. The molecule has 0 aliphatic rings. The van der Waals surface area contributed by atoms with Gasteiger partial charge >= 0.3 is 5.97 Å². The second-order valence-electron chi connectivity index (χ2n) is 5.80. The molecule has 0 bridgehead atoms. The predicted molar refractivity (Wildman–Crippen MR) is 109 cm³/mol. The van der Waals surface area contributed by atoms with Crippen LogP contribution < -0.4 is 4.74 Å². The van der Waals surface area contributed by atoms with Crippen LogP contribution in [0.15, 0.2) is 59.8 Å². The lowest BCUT2D eigenvalue weighted by molar-refractivity contribution is -0.142. The molecular formula is C20H20ClN3O3S. The van der Waals surface area contributed by atoms with Crippen LogP contribution in [-0.4, -0.2) is 32.6 Å². The lowest BCUT2D eigenvalue weighted by Crippen LogP contribution is -2.17. The van der Waals surface area contributed by atoms with Gasteiger partial charge in [0.1, 0.15) is 17.6 Å². The van der Waals surface area contributed by atoms with Crippen molar-refractivity contribution in [3.05, 3.63) is 65.4 Å². The van der Waals surface area contributed by atoms with Crippen molar-refractivity contribution in [3.8, 4) is 11.4 Å². The molecule has 1 unspecified atom stereocenters. The summed E-state index contributed by atoms with van der Waals surface area (Å²) in [4.78, 5) is 12.0. The summed E-state index contributed by atoms with van der Waals surface area (Å²) >= 11 is 7.45. The number of hydrogen-bond acceptors (Lipinski definition) is 6. The van der Waals surface area contributed by atoms with Crippen LogP contribution in [0.5, 0.6) is 5.75 Å². The van der Waals surface area contributed by atoms with Gasteiger partial charge in [-0.15, -0.1) is 10.2 Å². The Labute approximate surface area is 172 Å². The monoisotopic (exact) mass is 417 g/mol. The van der Waals surface area contributed by atoms with E-state index in [-0.39, 0.29) is 12.6 Å². The third kappa shape index (κ3) is 4.85. The van der Waals surface area contributed by atoms with Crippen LogP contribution in [0.2, 0.25) is 5.02 Å². The molecule has 0 aliphatic carbocycles. The number of para-hydroxylation sites is 2. The Morgan fingerprint density at radius 1 is 1.14 bits per heavy atom. The van der Waals surface area contributed by atoms with E-state index in [1.54, 1.807) is 26.0 Å². The summed E-state index contributed by atoms with van der Waals surface area (Å²) in [5.41, 5.74) is 0.879. The first kappa shape index (κ1) is 20.2. The molecule has 0 N–H and O–H groups in total. The van der Waals surface area contributed by atoms with Gasteiger partial charge in [0.2, 0.25) is 0 Å². The maximum atomic E-state index is 12.0. The van der Waals surface area contributed by atoms with E-state index in [2.05, 4.69) is 10.2 Å². The fourth-order valence-corrected chi connectivity index (χ4v) is 3.55. The molecule has 28 heavy (non-hydrogen) atoms. The molecule has 6 nitrogen and oxygen atoms in total. The number of benzene rings is 2. The van der Waals surface area contributed by atoms with Crippen molar-refractivity contribution >= 4 is 29.3 Å². The fourth-order valence-electron chi connectivity index (χ4n) is 2.48. The molecule has 8 heteroatoms. The standard InChI is InChI=1S/C20H20ClN3O3S/c1-3-26-19(25)14(2)28-20-23-22-18(24(20)15-9-5-4-6-10-15)13-27-17-12-8-7-11-16(17)21/h4-12,14H,3,13H2,1-2H3. The first-order chi connectivity index (χ1) is 13.6. The quantitative estimate of drug-likeness (QED) is 0.396. The minimum atomic E-state index is -0.413. The molecule has 0 saturated heterocycles. The number of nitrogens with zero attached hydrogens (tertiary/aromatic N) is 3. The second kappa shape index (κ2) is 9.61. The molecule has 0 fully saturated rings. The average molecular weight is 418 g/mol. The van der Waals surface area contributed by atoms with Gasteiger partial charge in [0, 0.05) is 5.69 Å². The number of carbonyl (C=O) groups is 1. The maximum Gasteiger partial charge on any atom is 0.319 e. The summed E-state index contributed by atoms with van der Waals surface area (Å²) < 4.78 is 12.8. The molecule has 3 aromatic rings. The summed E-state index contributed by atoms with van der Waals surface area (Å²) in [7, 11) is 0. The number of ether oxygens (including phenoxy) is 2. The van der Waals surface area contributed by atoms with Crippen LogP contribution in [0.4, 0.5) is 0 Å². The first-order valence-electron chi connectivity index (χ1n) is 8.80. The fraction of sp³-hybridized carbons (Fsp3) is 0.250. The average Bonchev–Trinajstić information content (AvgIpc) is 3.10. The van der Waals surface area contributed by atoms with E-state index >= 15 is 0 Å². The van der Waals surface area contributed by atoms with Gasteiger partial charge in [-0.3, -0.25) is 9.36 Å². The highest BCUT2D eigenvalue weighted by Crippen LogP contribution is 2.28. The number of aromatic nitrogens is 3. The molecule has 1 atom stereocenters. The zero-order chi connectivity index (χ0) is 19.9. The molecular weight excluding hydrogens is 398 g/mol. The third-order valence-corrected chi connectivity index (χ3v) is 5.14. The molecule has 1 aromatic heterocycles. The smallest absolute Gasteiger partial charge is 0.319 e. The van der Waals surface area contributed by atoms with E-state index in [1.807, 2.05) is 47.0 Å². The number of carbonyl (C=O) groups excluding carboxylic acids is 1. The van der Waals surface area contributed by atoms with Crippen LogP contribution >= 0.6 is 23.4 Å². The SMILES string of the molecule is CCOC(=O)C(C)Sc1nnc(COc2ccccc2Cl)n1-c1ccccc1. The summed E-state index contributed by atoms with van der Waals surface area (Å²) in [6.45, 7) is 4.09. The van der Waals surface area contributed by atoms with Crippen LogP contribution in [0.3, 0.4) is 0 Å². The summed E-state index contributed by atoms with van der Waals surface area (Å²) in [5.74, 6) is 0.884. The third-order valence-electron chi connectivity index (χ3n) is 3.81. The molecule has 146 valence electrons. The number of thioether (sulfide) groups is 1. The zero-order valence-corrected chi connectivity index (χ0v) is 17.1.